The van der Waals surface area contributed by atoms with Crippen molar-refractivity contribution in [2.75, 3.05) is 19.8 Å². The van der Waals surface area contributed by atoms with Gasteiger partial charge in [-0.3, -0.25) is 9.69 Å². The molecule has 0 bridgehead atoms. The number of ether oxygens (including phenoxy) is 1. The van der Waals surface area contributed by atoms with E-state index in [1.165, 1.54) is 4.90 Å². The first-order valence-electron chi connectivity index (χ1n) is 9.82. The molecule has 2 saturated heterocycles. The average molecular weight is 395 g/mol. The Morgan fingerprint density at radius 1 is 1.07 bits per heavy atom. The van der Waals surface area contributed by atoms with Crippen LogP contribution in [0.1, 0.15) is 17.2 Å². The highest BCUT2D eigenvalue weighted by Gasteiger charge is 2.57. The minimum absolute atomic E-state index is 0.158. The number of aliphatic hydroxyl groups excluding tert-OH is 1. The standard InChI is InChI=1S/C22H25N3O4/c23-17(13-26)19-20(21(27)24(19)12-11-15-7-3-1-4-8-15)25-18(14-29-22(25)28)16-9-5-2-6-10-16/h1-10,17-20,26H,11-14,23H2/t17-,18-,19-,20+/m0/s1. The molecule has 2 fully saturated rings. The van der Waals surface area contributed by atoms with Crippen LogP contribution in [0.3, 0.4) is 0 Å². The summed E-state index contributed by atoms with van der Waals surface area (Å²) in [4.78, 5) is 28.7. The fraction of sp³-hybridized carbons (Fsp3) is 0.364. The summed E-state index contributed by atoms with van der Waals surface area (Å²) >= 11 is 0. The Morgan fingerprint density at radius 3 is 2.38 bits per heavy atom. The van der Waals surface area contributed by atoms with E-state index >= 15 is 0 Å². The summed E-state index contributed by atoms with van der Waals surface area (Å²) in [6, 6.07) is 17.2. The third-order valence-electron chi connectivity index (χ3n) is 5.75. The number of carbonyl (C=O) groups is 2. The van der Waals surface area contributed by atoms with E-state index in [0.29, 0.717) is 13.0 Å². The first kappa shape index (κ1) is 19.4. The third kappa shape index (κ3) is 3.59. The van der Waals surface area contributed by atoms with Gasteiger partial charge in [0.1, 0.15) is 12.6 Å². The first-order valence-corrected chi connectivity index (χ1v) is 9.82. The van der Waals surface area contributed by atoms with Crippen LogP contribution in [-0.2, 0) is 16.0 Å². The number of rotatable bonds is 7. The van der Waals surface area contributed by atoms with E-state index in [1.54, 1.807) is 4.90 Å². The number of cyclic esters (lactones) is 1. The summed E-state index contributed by atoms with van der Waals surface area (Å²) in [5.74, 6) is -0.158. The van der Waals surface area contributed by atoms with Crippen molar-refractivity contribution in [1.82, 2.24) is 9.80 Å². The van der Waals surface area contributed by atoms with Gasteiger partial charge in [0, 0.05) is 6.54 Å². The van der Waals surface area contributed by atoms with Crippen LogP contribution in [0.4, 0.5) is 4.79 Å². The first-order chi connectivity index (χ1) is 14.1. The number of nitrogens with zero attached hydrogens (tertiary/aromatic N) is 2. The van der Waals surface area contributed by atoms with Crippen LogP contribution < -0.4 is 5.73 Å². The molecule has 152 valence electrons. The summed E-state index contributed by atoms with van der Waals surface area (Å²) in [6.45, 7) is 0.406. The molecule has 4 rings (SSSR count). The van der Waals surface area contributed by atoms with E-state index in [0.717, 1.165) is 11.1 Å². The molecule has 7 heteroatoms. The predicted octanol–water partition coefficient (Wildman–Crippen LogP) is 1.32. The van der Waals surface area contributed by atoms with Gasteiger partial charge in [0.15, 0.2) is 0 Å². The molecule has 0 aromatic heterocycles. The van der Waals surface area contributed by atoms with Crippen molar-refractivity contribution in [3.05, 3.63) is 71.8 Å². The Hall–Kier alpha value is -2.90. The highest BCUT2D eigenvalue weighted by molar-refractivity contribution is 5.93. The Labute approximate surface area is 169 Å². The molecular weight excluding hydrogens is 370 g/mol. The number of nitrogens with two attached hydrogens (primary N) is 1. The SMILES string of the molecule is N[C@@H](CO)[C@H]1[C@@H](N2C(=O)OC[C@H]2c2ccccc2)C(=O)N1CCc1ccccc1. The van der Waals surface area contributed by atoms with Crippen molar-refractivity contribution in [3.8, 4) is 0 Å². The maximum absolute atomic E-state index is 13.1. The van der Waals surface area contributed by atoms with Crippen molar-refractivity contribution < 1.29 is 19.4 Å². The number of amides is 2. The van der Waals surface area contributed by atoms with Crippen LogP contribution in [0.2, 0.25) is 0 Å². The smallest absolute Gasteiger partial charge is 0.411 e. The van der Waals surface area contributed by atoms with E-state index in [9.17, 15) is 14.7 Å². The van der Waals surface area contributed by atoms with Crippen molar-refractivity contribution in [3.63, 3.8) is 0 Å². The fourth-order valence-electron chi connectivity index (χ4n) is 4.23. The van der Waals surface area contributed by atoms with Crippen molar-refractivity contribution in [1.29, 1.82) is 0 Å². The van der Waals surface area contributed by atoms with Gasteiger partial charge in [0.25, 0.3) is 0 Å². The molecule has 0 saturated carbocycles. The van der Waals surface area contributed by atoms with Gasteiger partial charge in [-0.25, -0.2) is 4.79 Å². The molecule has 4 atom stereocenters. The van der Waals surface area contributed by atoms with Crippen LogP contribution in [0, 0.1) is 0 Å². The molecule has 2 aromatic rings. The van der Waals surface area contributed by atoms with Gasteiger partial charge >= 0.3 is 6.09 Å². The summed E-state index contributed by atoms with van der Waals surface area (Å²) < 4.78 is 5.28. The van der Waals surface area contributed by atoms with Crippen LogP contribution in [0.25, 0.3) is 0 Å². The monoisotopic (exact) mass is 395 g/mol. The van der Waals surface area contributed by atoms with Gasteiger partial charge in [0.2, 0.25) is 5.91 Å². The number of aliphatic hydroxyl groups is 1. The Morgan fingerprint density at radius 2 is 1.72 bits per heavy atom. The zero-order valence-corrected chi connectivity index (χ0v) is 16.1. The molecule has 29 heavy (non-hydrogen) atoms. The zero-order chi connectivity index (χ0) is 20.4. The Kier molecular flexibility index (Phi) is 5.51. The highest BCUT2D eigenvalue weighted by Crippen LogP contribution is 2.37. The molecule has 2 amide bonds. The fourth-order valence-corrected chi connectivity index (χ4v) is 4.23. The second-order valence-corrected chi connectivity index (χ2v) is 7.46. The molecule has 2 aliphatic rings. The molecule has 2 aliphatic heterocycles. The lowest BCUT2D eigenvalue weighted by atomic mass is 9.86. The molecule has 7 nitrogen and oxygen atoms in total. The van der Waals surface area contributed by atoms with Crippen LogP contribution >= 0.6 is 0 Å². The van der Waals surface area contributed by atoms with E-state index in [-0.39, 0.29) is 25.2 Å². The normalized spacial score (nSPS) is 25.0. The van der Waals surface area contributed by atoms with Gasteiger partial charge in [-0.1, -0.05) is 60.7 Å². The molecule has 3 N–H and O–H groups in total. The van der Waals surface area contributed by atoms with Crippen molar-refractivity contribution in [2.24, 2.45) is 5.73 Å². The van der Waals surface area contributed by atoms with Crippen LogP contribution in [0.5, 0.6) is 0 Å². The maximum atomic E-state index is 13.1. The van der Waals surface area contributed by atoms with Gasteiger partial charge in [-0.15, -0.1) is 0 Å². The second-order valence-electron chi connectivity index (χ2n) is 7.46. The average Bonchev–Trinajstić information content (AvgIpc) is 3.13. The largest absolute Gasteiger partial charge is 0.447 e. The molecule has 0 aliphatic carbocycles. The van der Waals surface area contributed by atoms with E-state index in [1.807, 2.05) is 60.7 Å². The molecule has 2 aromatic carbocycles. The molecule has 0 unspecified atom stereocenters. The van der Waals surface area contributed by atoms with Crippen LogP contribution in [-0.4, -0.2) is 64.8 Å². The quantitative estimate of drug-likeness (QED) is 0.690. The maximum Gasteiger partial charge on any atom is 0.411 e. The van der Waals surface area contributed by atoms with Gasteiger partial charge in [-0.05, 0) is 17.5 Å². The van der Waals surface area contributed by atoms with E-state index in [2.05, 4.69) is 0 Å². The van der Waals surface area contributed by atoms with Gasteiger partial charge in [0.05, 0.1) is 24.7 Å². The van der Waals surface area contributed by atoms with Crippen LogP contribution in [0.15, 0.2) is 60.7 Å². The van der Waals surface area contributed by atoms with Gasteiger partial charge in [-0.2, -0.15) is 0 Å². The lowest BCUT2D eigenvalue weighted by molar-refractivity contribution is -0.160. The summed E-state index contributed by atoms with van der Waals surface area (Å²) in [7, 11) is 0. The molecular formula is C22H25N3O4. The lowest BCUT2D eigenvalue weighted by Gasteiger charge is -2.52. The summed E-state index contributed by atoms with van der Waals surface area (Å²) in [6.07, 6.45) is 0.163. The van der Waals surface area contributed by atoms with E-state index in [4.69, 9.17) is 10.5 Å². The minimum atomic E-state index is -0.729. The Bertz CT molecular complexity index is 861. The molecule has 0 spiro atoms. The topological polar surface area (TPSA) is 96.1 Å². The zero-order valence-electron chi connectivity index (χ0n) is 16.1. The minimum Gasteiger partial charge on any atom is -0.447 e. The number of benzene rings is 2. The Balaban J connectivity index is 1.55. The number of carbonyl (C=O) groups excluding carboxylic acids is 2. The van der Waals surface area contributed by atoms with E-state index < -0.39 is 24.2 Å². The van der Waals surface area contributed by atoms with Gasteiger partial charge < -0.3 is 20.5 Å². The van der Waals surface area contributed by atoms with Crippen molar-refractivity contribution in [2.45, 2.75) is 30.6 Å². The number of hydrogen-bond donors (Lipinski definition) is 2. The highest BCUT2D eigenvalue weighted by atomic mass is 16.6. The summed E-state index contributed by atoms with van der Waals surface area (Å²) in [5, 5.41) is 9.67. The molecule has 0 radical (unpaired) electrons. The molecule has 2 heterocycles. The second kappa shape index (κ2) is 8.23. The number of likely N-dealkylation sites (tertiary alicyclic amines) is 1. The third-order valence-corrected chi connectivity index (χ3v) is 5.75. The van der Waals surface area contributed by atoms with Crippen molar-refractivity contribution >= 4 is 12.0 Å². The summed E-state index contributed by atoms with van der Waals surface area (Å²) in [5.41, 5.74) is 8.19. The number of β-lactam (4-membered cyclic amide) rings is 1. The lowest BCUT2D eigenvalue weighted by Crippen LogP contribution is -2.76. The number of hydrogen-bond acceptors (Lipinski definition) is 5. The predicted molar refractivity (Wildman–Crippen MR) is 107 cm³/mol.